The van der Waals surface area contributed by atoms with Crippen LogP contribution in [-0.2, 0) is 6.54 Å². The number of benzene rings is 2. The van der Waals surface area contributed by atoms with E-state index in [1.165, 1.54) is 35.9 Å². The first kappa shape index (κ1) is 20.1. The van der Waals surface area contributed by atoms with Gasteiger partial charge in [-0.05, 0) is 29.8 Å². The van der Waals surface area contributed by atoms with E-state index in [1.54, 1.807) is 30.5 Å². The van der Waals surface area contributed by atoms with Crippen LogP contribution in [0.25, 0.3) is 0 Å². The molecule has 3 aromatic rings. The molecule has 0 saturated carbocycles. The third-order valence-corrected chi connectivity index (χ3v) is 4.58. The molecule has 0 atom stereocenters. The van der Waals surface area contributed by atoms with Crippen molar-refractivity contribution >= 4 is 28.9 Å². The molecule has 0 saturated heterocycles. The number of nitrogens with zero attached hydrogens (tertiary/aromatic N) is 2. The standard InChI is InChI=1S/C20H16ClN3O5/c1-29-18-11-14(24(27)28)8-9-17(18)22-19(25)15-6-4-10-23(20(15)26)12-13-5-2-3-7-16(13)21/h2-11H,12H2,1H3,(H,22,25). The summed E-state index contributed by atoms with van der Waals surface area (Å²) >= 11 is 6.15. The molecule has 3 rings (SSSR count). The van der Waals surface area contributed by atoms with Gasteiger partial charge in [0.05, 0.1) is 30.3 Å². The van der Waals surface area contributed by atoms with E-state index >= 15 is 0 Å². The number of nitrogens with one attached hydrogen (secondary N) is 1. The molecule has 1 amide bonds. The first-order valence-electron chi connectivity index (χ1n) is 8.47. The predicted octanol–water partition coefficient (Wildman–Crippen LogP) is 3.72. The van der Waals surface area contributed by atoms with Gasteiger partial charge in [-0.25, -0.2) is 0 Å². The van der Waals surface area contributed by atoms with Crippen LogP contribution in [0.2, 0.25) is 5.02 Å². The van der Waals surface area contributed by atoms with E-state index in [0.29, 0.717) is 5.02 Å². The Balaban J connectivity index is 1.88. The Labute approximate surface area is 170 Å². The summed E-state index contributed by atoms with van der Waals surface area (Å²) in [6, 6.07) is 13.9. The predicted molar refractivity (Wildman–Crippen MR) is 109 cm³/mol. The van der Waals surface area contributed by atoms with Crippen LogP contribution in [-0.4, -0.2) is 22.5 Å². The Morgan fingerprint density at radius 2 is 1.97 bits per heavy atom. The number of aromatic nitrogens is 1. The van der Waals surface area contributed by atoms with Crippen molar-refractivity contribution < 1.29 is 14.5 Å². The van der Waals surface area contributed by atoms with Crippen molar-refractivity contribution in [3.05, 3.63) is 97.4 Å². The van der Waals surface area contributed by atoms with E-state index in [0.717, 1.165) is 5.56 Å². The van der Waals surface area contributed by atoms with E-state index in [-0.39, 0.29) is 29.2 Å². The quantitative estimate of drug-likeness (QED) is 0.490. The van der Waals surface area contributed by atoms with Gasteiger partial charge in [-0.1, -0.05) is 29.8 Å². The number of anilines is 1. The summed E-state index contributed by atoms with van der Waals surface area (Å²) in [6.07, 6.45) is 1.56. The highest BCUT2D eigenvalue weighted by Gasteiger charge is 2.17. The van der Waals surface area contributed by atoms with E-state index < -0.39 is 16.4 Å². The average molecular weight is 414 g/mol. The van der Waals surface area contributed by atoms with Crippen molar-refractivity contribution in [3.63, 3.8) is 0 Å². The molecule has 0 aliphatic carbocycles. The SMILES string of the molecule is COc1cc([N+](=O)[O-])ccc1NC(=O)c1cccn(Cc2ccccc2Cl)c1=O. The molecule has 148 valence electrons. The Kier molecular flexibility index (Phi) is 5.94. The third-order valence-electron chi connectivity index (χ3n) is 4.21. The van der Waals surface area contributed by atoms with Crippen molar-refractivity contribution in [1.29, 1.82) is 0 Å². The monoisotopic (exact) mass is 413 g/mol. The van der Waals surface area contributed by atoms with Crippen molar-refractivity contribution in [2.45, 2.75) is 6.54 Å². The number of hydrogen-bond acceptors (Lipinski definition) is 5. The topological polar surface area (TPSA) is 103 Å². The molecule has 0 aliphatic rings. The second-order valence-electron chi connectivity index (χ2n) is 6.04. The Morgan fingerprint density at radius 1 is 1.21 bits per heavy atom. The van der Waals surface area contributed by atoms with Crippen LogP contribution >= 0.6 is 11.6 Å². The molecule has 0 unspecified atom stereocenters. The highest BCUT2D eigenvalue weighted by Crippen LogP contribution is 2.29. The molecular weight excluding hydrogens is 398 g/mol. The molecule has 0 fully saturated rings. The number of pyridine rings is 1. The lowest BCUT2D eigenvalue weighted by molar-refractivity contribution is -0.384. The fourth-order valence-electron chi connectivity index (χ4n) is 2.73. The third kappa shape index (κ3) is 4.44. The Bertz CT molecular complexity index is 1140. The molecular formula is C20H16ClN3O5. The Morgan fingerprint density at radius 3 is 2.66 bits per heavy atom. The summed E-state index contributed by atoms with van der Waals surface area (Å²) in [5.41, 5.74) is 0.197. The molecule has 0 bridgehead atoms. The molecule has 2 aromatic carbocycles. The summed E-state index contributed by atoms with van der Waals surface area (Å²) in [6.45, 7) is 0.209. The number of halogens is 1. The minimum atomic E-state index is -0.657. The second-order valence-corrected chi connectivity index (χ2v) is 6.45. The number of carbonyl (C=O) groups is 1. The van der Waals surface area contributed by atoms with Crippen LogP contribution < -0.4 is 15.6 Å². The van der Waals surface area contributed by atoms with Crippen LogP contribution in [0.3, 0.4) is 0 Å². The van der Waals surface area contributed by atoms with Gasteiger partial charge < -0.3 is 14.6 Å². The number of methoxy groups -OCH3 is 1. The molecule has 8 nitrogen and oxygen atoms in total. The van der Waals surface area contributed by atoms with Gasteiger partial charge in [-0.15, -0.1) is 0 Å². The average Bonchev–Trinajstić information content (AvgIpc) is 2.71. The first-order valence-corrected chi connectivity index (χ1v) is 8.85. The zero-order chi connectivity index (χ0) is 21.0. The molecule has 0 aliphatic heterocycles. The van der Waals surface area contributed by atoms with Crippen molar-refractivity contribution in [1.82, 2.24) is 4.57 Å². The molecule has 29 heavy (non-hydrogen) atoms. The van der Waals surface area contributed by atoms with E-state index in [2.05, 4.69) is 5.32 Å². The van der Waals surface area contributed by atoms with E-state index in [4.69, 9.17) is 16.3 Å². The number of rotatable bonds is 6. The zero-order valence-corrected chi connectivity index (χ0v) is 16.1. The largest absolute Gasteiger partial charge is 0.494 e. The van der Waals surface area contributed by atoms with Crippen molar-refractivity contribution in [2.75, 3.05) is 12.4 Å². The zero-order valence-electron chi connectivity index (χ0n) is 15.3. The van der Waals surface area contributed by atoms with Crippen LogP contribution in [0.1, 0.15) is 15.9 Å². The van der Waals surface area contributed by atoms with Gasteiger partial charge >= 0.3 is 0 Å². The lowest BCUT2D eigenvalue weighted by Gasteiger charge is -2.11. The summed E-state index contributed by atoms with van der Waals surface area (Å²) in [5, 5.41) is 14.0. The lowest BCUT2D eigenvalue weighted by atomic mass is 10.2. The molecule has 0 spiro atoms. The smallest absolute Gasteiger partial charge is 0.273 e. The summed E-state index contributed by atoms with van der Waals surface area (Å²) < 4.78 is 6.48. The van der Waals surface area contributed by atoms with E-state index in [9.17, 15) is 19.7 Å². The van der Waals surface area contributed by atoms with Crippen LogP contribution in [0.4, 0.5) is 11.4 Å². The molecule has 1 aromatic heterocycles. The number of amides is 1. The fraction of sp³-hybridized carbons (Fsp3) is 0.100. The summed E-state index contributed by atoms with van der Waals surface area (Å²) in [5.74, 6) is -0.546. The summed E-state index contributed by atoms with van der Waals surface area (Å²) in [7, 11) is 1.33. The molecule has 1 heterocycles. The number of nitro benzene ring substituents is 1. The number of carbonyl (C=O) groups excluding carboxylic acids is 1. The van der Waals surface area contributed by atoms with Gasteiger partial charge in [-0.2, -0.15) is 0 Å². The molecule has 9 heteroatoms. The maximum Gasteiger partial charge on any atom is 0.273 e. The molecule has 0 radical (unpaired) electrons. The first-order chi connectivity index (χ1) is 13.9. The Hall–Kier alpha value is -3.65. The van der Waals surface area contributed by atoms with Gasteiger partial charge in [0.1, 0.15) is 11.3 Å². The maximum absolute atomic E-state index is 12.8. The minimum Gasteiger partial charge on any atom is -0.494 e. The number of nitro groups is 1. The van der Waals surface area contributed by atoms with Gasteiger partial charge in [0, 0.05) is 17.3 Å². The van der Waals surface area contributed by atoms with Gasteiger partial charge in [0.25, 0.3) is 17.2 Å². The van der Waals surface area contributed by atoms with Gasteiger partial charge in [-0.3, -0.25) is 19.7 Å². The highest BCUT2D eigenvalue weighted by atomic mass is 35.5. The highest BCUT2D eigenvalue weighted by molar-refractivity contribution is 6.31. The molecule has 1 N–H and O–H groups in total. The lowest BCUT2D eigenvalue weighted by Crippen LogP contribution is -2.29. The minimum absolute atomic E-state index is 0.0834. The van der Waals surface area contributed by atoms with Crippen molar-refractivity contribution in [3.8, 4) is 5.75 Å². The fourth-order valence-corrected chi connectivity index (χ4v) is 2.93. The van der Waals surface area contributed by atoms with Crippen LogP contribution in [0.5, 0.6) is 5.75 Å². The van der Waals surface area contributed by atoms with Gasteiger partial charge in [0.15, 0.2) is 0 Å². The van der Waals surface area contributed by atoms with Crippen LogP contribution in [0.15, 0.2) is 65.6 Å². The number of ether oxygens (including phenoxy) is 1. The van der Waals surface area contributed by atoms with E-state index in [1.807, 2.05) is 6.07 Å². The van der Waals surface area contributed by atoms with Crippen molar-refractivity contribution in [2.24, 2.45) is 0 Å². The normalized spacial score (nSPS) is 10.4. The summed E-state index contributed by atoms with van der Waals surface area (Å²) in [4.78, 5) is 35.7. The van der Waals surface area contributed by atoms with Crippen LogP contribution in [0, 0.1) is 10.1 Å². The maximum atomic E-state index is 12.8. The van der Waals surface area contributed by atoms with Gasteiger partial charge in [0.2, 0.25) is 0 Å². The number of non-ortho nitro benzene ring substituents is 1. The number of hydrogen-bond donors (Lipinski definition) is 1. The second kappa shape index (κ2) is 8.57.